The molecule has 1 aromatic carbocycles. The molecule has 6 heteroatoms. The number of carboxylic acid groups (broad SMARTS) is 1. The summed E-state index contributed by atoms with van der Waals surface area (Å²) in [5, 5.41) is 14.3. The van der Waals surface area contributed by atoms with Crippen molar-refractivity contribution in [1.29, 1.82) is 0 Å². The molecule has 0 saturated carbocycles. The van der Waals surface area contributed by atoms with Crippen molar-refractivity contribution in [2.45, 2.75) is 38.6 Å². The van der Waals surface area contributed by atoms with Crippen molar-refractivity contribution in [1.82, 2.24) is 0 Å². The highest BCUT2D eigenvalue weighted by atomic mass is 16.4. The molecular weight excluding hydrogens is 260 g/mol. The molecule has 0 aliphatic heterocycles. The van der Waals surface area contributed by atoms with Crippen LogP contribution in [0.2, 0.25) is 0 Å². The van der Waals surface area contributed by atoms with Crippen LogP contribution in [0.25, 0.3) is 0 Å². The van der Waals surface area contributed by atoms with Crippen molar-refractivity contribution in [3.05, 3.63) is 34.7 Å². The van der Waals surface area contributed by atoms with E-state index in [0.29, 0.717) is 17.7 Å². The number of aliphatic carboxylic acids is 1. The first-order chi connectivity index (χ1) is 9.56. The predicted octanol–water partition coefficient (Wildman–Crippen LogP) is 3.10. The molecule has 1 unspecified atom stereocenters. The van der Waals surface area contributed by atoms with Gasteiger partial charge >= 0.3 is 5.97 Å². The van der Waals surface area contributed by atoms with Gasteiger partial charge in [0.2, 0.25) is 5.91 Å². The Bertz CT molecular complexity index is 471. The fraction of sp³-hybridized carbons (Fsp3) is 0.429. The first kappa shape index (κ1) is 15.8. The molecule has 20 heavy (non-hydrogen) atoms. The van der Waals surface area contributed by atoms with Crippen molar-refractivity contribution in [3.8, 4) is 0 Å². The van der Waals surface area contributed by atoms with E-state index in [9.17, 15) is 14.5 Å². The molecule has 0 aliphatic carbocycles. The van der Waals surface area contributed by atoms with E-state index in [1.807, 2.05) is 6.92 Å². The molecule has 0 radical (unpaired) electrons. The summed E-state index contributed by atoms with van der Waals surface area (Å²) in [5.41, 5.74) is 1.30. The van der Waals surface area contributed by atoms with E-state index in [2.05, 4.69) is 10.5 Å². The highest BCUT2D eigenvalue weighted by molar-refractivity contribution is 5.90. The third kappa shape index (κ3) is 5.17. The van der Waals surface area contributed by atoms with Crippen molar-refractivity contribution in [3.63, 3.8) is 0 Å². The monoisotopic (exact) mass is 278 g/mol. The van der Waals surface area contributed by atoms with Gasteiger partial charge in [-0.3, -0.25) is 9.59 Å². The average molecular weight is 278 g/mol. The minimum atomic E-state index is -0.956. The topological polar surface area (TPSA) is 95.8 Å². The Morgan fingerprint density at radius 1 is 1.25 bits per heavy atom. The number of nitrogens with one attached hydrogen (secondary N) is 1. The lowest BCUT2D eigenvalue weighted by atomic mass is 10.0. The summed E-state index contributed by atoms with van der Waals surface area (Å²) in [6.07, 6.45) is 1.29. The van der Waals surface area contributed by atoms with Crippen molar-refractivity contribution in [2.75, 3.05) is 5.32 Å². The van der Waals surface area contributed by atoms with Gasteiger partial charge < -0.3 is 10.4 Å². The van der Waals surface area contributed by atoms with Crippen LogP contribution in [0.3, 0.4) is 0 Å². The van der Waals surface area contributed by atoms with Crippen LogP contribution in [0.15, 0.2) is 29.4 Å². The van der Waals surface area contributed by atoms with Crippen LogP contribution in [-0.2, 0) is 9.59 Å². The summed E-state index contributed by atoms with van der Waals surface area (Å²) >= 11 is 0. The zero-order chi connectivity index (χ0) is 15.0. The number of anilines is 1. The van der Waals surface area contributed by atoms with Gasteiger partial charge in [-0.25, -0.2) is 0 Å². The largest absolute Gasteiger partial charge is 0.481 e. The van der Waals surface area contributed by atoms with Gasteiger partial charge in [-0.1, -0.05) is 24.2 Å². The number of hydrogen-bond donors (Lipinski definition) is 2. The molecule has 0 aromatic heterocycles. The molecule has 6 nitrogen and oxygen atoms in total. The number of benzene rings is 1. The Labute approximate surface area is 117 Å². The lowest BCUT2D eigenvalue weighted by Crippen LogP contribution is -2.10. The van der Waals surface area contributed by atoms with E-state index >= 15 is 0 Å². The number of nitrogens with zero attached hydrogens (tertiary/aromatic N) is 1. The maximum absolute atomic E-state index is 11.4. The van der Waals surface area contributed by atoms with Gasteiger partial charge in [0.05, 0.1) is 0 Å². The van der Waals surface area contributed by atoms with Crippen LogP contribution in [0.4, 0.5) is 5.69 Å². The van der Waals surface area contributed by atoms with Crippen LogP contribution >= 0.6 is 0 Å². The minimum absolute atomic E-state index is 0.0591. The van der Waals surface area contributed by atoms with Crippen LogP contribution in [-0.4, -0.2) is 17.0 Å². The van der Waals surface area contributed by atoms with Gasteiger partial charge in [-0.2, -0.15) is 4.91 Å². The second-order valence-corrected chi connectivity index (χ2v) is 4.47. The zero-order valence-corrected chi connectivity index (χ0v) is 11.3. The molecule has 0 bridgehead atoms. The van der Waals surface area contributed by atoms with E-state index in [-0.39, 0.29) is 18.7 Å². The van der Waals surface area contributed by atoms with E-state index in [1.165, 1.54) is 0 Å². The Morgan fingerprint density at radius 2 is 1.90 bits per heavy atom. The molecule has 2 N–H and O–H groups in total. The normalized spacial score (nSPS) is 11.7. The predicted molar refractivity (Wildman–Crippen MR) is 75.4 cm³/mol. The number of hydrogen-bond acceptors (Lipinski definition) is 4. The summed E-state index contributed by atoms with van der Waals surface area (Å²) in [5.74, 6) is -1.02. The van der Waals surface area contributed by atoms with Gasteiger partial charge in [0, 0.05) is 18.5 Å². The number of amides is 1. The Hall–Kier alpha value is -2.24. The first-order valence-electron chi connectivity index (χ1n) is 6.51. The molecule has 0 saturated heterocycles. The van der Waals surface area contributed by atoms with E-state index in [0.717, 1.165) is 6.42 Å². The fourth-order valence-corrected chi connectivity index (χ4v) is 1.78. The molecule has 1 aromatic rings. The van der Waals surface area contributed by atoms with Gasteiger partial charge in [-0.15, -0.1) is 0 Å². The maximum atomic E-state index is 11.4. The number of carbonyl (C=O) groups is 2. The van der Waals surface area contributed by atoms with Gasteiger partial charge in [0.15, 0.2) is 0 Å². The molecular formula is C14H18N2O4. The highest BCUT2D eigenvalue weighted by Gasteiger charge is 2.13. The zero-order valence-electron chi connectivity index (χ0n) is 11.3. The second kappa shape index (κ2) is 8.04. The summed E-state index contributed by atoms with van der Waals surface area (Å²) in [4.78, 5) is 32.7. The molecule has 1 rings (SSSR count). The summed E-state index contributed by atoms with van der Waals surface area (Å²) in [6, 6.07) is 6.04. The molecule has 1 amide bonds. The van der Waals surface area contributed by atoms with Gasteiger partial charge in [0.25, 0.3) is 0 Å². The lowest BCUT2D eigenvalue weighted by molar-refractivity contribution is -0.137. The molecule has 108 valence electrons. The Morgan fingerprint density at radius 3 is 2.40 bits per heavy atom. The molecule has 0 heterocycles. The Kier molecular flexibility index (Phi) is 6.36. The maximum Gasteiger partial charge on any atom is 0.303 e. The van der Waals surface area contributed by atoms with Crippen LogP contribution < -0.4 is 5.32 Å². The third-order valence-corrected chi connectivity index (χ3v) is 2.82. The average Bonchev–Trinajstić information content (AvgIpc) is 2.41. The summed E-state index contributed by atoms with van der Waals surface area (Å²) in [7, 11) is 0. The summed E-state index contributed by atoms with van der Waals surface area (Å²) in [6.45, 7) is 1.92. The molecule has 0 aliphatic rings. The first-order valence-corrected chi connectivity index (χ1v) is 6.51. The van der Waals surface area contributed by atoms with Gasteiger partial charge in [-0.05, 0) is 30.5 Å². The van der Waals surface area contributed by atoms with Gasteiger partial charge in [0.1, 0.15) is 6.04 Å². The minimum Gasteiger partial charge on any atom is -0.481 e. The third-order valence-electron chi connectivity index (χ3n) is 2.82. The smallest absolute Gasteiger partial charge is 0.303 e. The lowest BCUT2D eigenvalue weighted by Gasteiger charge is -2.09. The summed E-state index contributed by atoms with van der Waals surface area (Å²) < 4.78 is 0. The second-order valence-electron chi connectivity index (χ2n) is 4.47. The fourth-order valence-electron chi connectivity index (χ4n) is 1.78. The van der Waals surface area contributed by atoms with E-state index < -0.39 is 12.0 Å². The van der Waals surface area contributed by atoms with Crippen LogP contribution in [0.5, 0.6) is 0 Å². The molecule has 0 fully saturated rings. The number of nitroso groups, excluding NO2 is 1. The SMILES string of the molecule is CCCC(=O)Nc1ccc(C(CCC(=O)O)N=O)cc1. The quantitative estimate of drug-likeness (QED) is 0.714. The number of carbonyl (C=O) groups excluding carboxylic acids is 1. The molecule has 1 atom stereocenters. The van der Waals surface area contributed by atoms with Crippen LogP contribution in [0.1, 0.15) is 44.2 Å². The van der Waals surface area contributed by atoms with E-state index in [4.69, 9.17) is 5.11 Å². The number of carboxylic acids is 1. The van der Waals surface area contributed by atoms with E-state index in [1.54, 1.807) is 24.3 Å². The van der Waals surface area contributed by atoms with Crippen molar-refractivity contribution in [2.24, 2.45) is 5.18 Å². The Balaban J connectivity index is 2.66. The van der Waals surface area contributed by atoms with Crippen molar-refractivity contribution >= 4 is 17.6 Å². The number of rotatable bonds is 8. The van der Waals surface area contributed by atoms with Crippen molar-refractivity contribution < 1.29 is 14.7 Å². The standard InChI is InChI=1S/C14H18N2O4/c1-2-3-13(17)15-11-6-4-10(5-7-11)12(16-20)8-9-14(18)19/h4-7,12H,2-3,8-9H2,1H3,(H,15,17)(H,18,19). The highest BCUT2D eigenvalue weighted by Crippen LogP contribution is 2.24. The molecule has 0 spiro atoms. The van der Waals surface area contributed by atoms with Crippen LogP contribution in [0, 0.1) is 4.91 Å².